The molecule has 40 heavy (non-hydrogen) atoms. The van der Waals surface area contributed by atoms with Crippen molar-refractivity contribution in [3.8, 4) is 0 Å². The molecule has 1 rings (SSSR count). The number of aliphatic hydroxyl groups is 1. The minimum Gasteiger partial charge on any atom is -0.455 e. The first-order chi connectivity index (χ1) is 19.6. The zero-order valence-corrected chi connectivity index (χ0v) is 26.0. The zero-order chi connectivity index (χ0) is 28.9. The van der Waals surface area contributed by atoms with E-state index < -0.39 is 0 Å². The fraction of sp³-hybridized carbons (Fsp3) is 0.909. The Morgan fingerprint density at radius 1 is 0.650 bits per heavy atom. The molecule has 7 heteroatoms. The maximum absolute atomic E-state index is 11.6. The Labute approximate surface area is 245 Å². The van der Waals surface area contributed by atoms with E-state index in [0.29, 0.717) is 46.2 Å². The summed E-state index contributed by atoms with van der Waals surface area (Å²) in [5.74, 6) is -0.142. The van der Waals surface area contributed by atoms with Crippen molar-refractivity contribution < 1.29 is 33.6 Å². The van der Waals surface area contributed by atoms with E-state index in [4.69, 9.17) is 23.7 Å². The molecule has 2 atom stereocenters. The number of cyclic esters (lactones) is 1. The quantitative estimate of drug-likeness (QED) is 0.0690. The van der Waals surface area contributed by atoms with E-state index in [-0.39, 0.29) is 18.2 Å². The Balaban J connectivity index is 1.69. The predicted molar refractivity (Wildman–Crippen MR) is 162 cm³/mol. The number of carbonyl (C=O) groups is 1. The summed E-state index contributed by atoms with van der Waals surface area (Å²) in [6.45, 7) is 9.35. The second-order valence-electron chi connectivity index (χ2n) is 11.2. The van der Waals surface area contributed by atoms with Crippen LogP contribution >= 0.6 is 0 Å². The molecule has 1 N–H and O–H groups in total. The molecular formula is C33H62O7. The number of esters is 1. The monoisotopic (exact) mass is 570 g/mol. The Hall–Kier alpha value is -0.990. The van der Waals surface area contributed by atoms with E-state index in [1.807, 2.05) is 13.0 Å². The highest BCUT2D eigenvalue weighted by Crippen LogP contribution is 2.20. The number of carbonyl (C=O) groups excluding carboxylic acids is 1. The van der Waals surface area contributed by atoms with Gasteiger partial charge in [-0.05, 0) is 57.9 Å². The lowest BCUT2D eigenvalue weighted by Crippen LogP contribution is -2.12. The molecular weight excluding hydrogens is 508 g/mol. The number of aliphatic hydroxyl groups excluding tert-OH is 1. The zero-order valence-electron chi connectivity index (χ0n) is 26.0. The Morgan fingerprint density at radius 3 is 1.60 bits per heavy atom. The van der Waals surface area contributed by atoms with E-state index in [9.17, 15) is 9.90 Å². The summed E-state index contributed by atoms with van der Waals surface area (Å²) in [7, 11) is 0. The number of ether oxygens (including phenoxy) is 5. The Morgan fingerprint density at radius 2 is 1.07 bits per heavy atom. The fourth-order valence-electron chi connectivity index (χ4n) is 4.87. The number of hydrogen-bond acceptors (Lipinski definition) is 7. The van der Waals surface area contributed by atoms with Gasteiger partial charge in [-0.3, -0.25) is 0 Å². The van der Waals surface area contributed by atoms with Gasteiger partial charge >= 0.3 is 5.97 Å². The van der Waals surface area contributed by atoms with E-state index in [2.05, 4.69) is 6.92 Å². The molecule has 0 amide bonds. The number of hydrogen-bond donors (Lipinski definition) is 1. The van der Waals surface area contributed by atoms with Gasteiger partial charge in [0.25, 0.3) is 0 Å². The van der Waals surface area contributed by atoms with Gasteiger partial charge in [0.15, 0.2) is 0 Å². The van der Waals surface area contributed by atoms with E-state index >= 15 is 0 Å². The third-order valence-corrected chi connectivity index (χ3v) is 7.31. The Kier molecular flexibility index (Phi) is 26.1. The normalized spacial score (nSPS) is 15.9. The molecule has 0 aromatic rings. The molecule has 0 saturated heterocycles. The molecule has 1 aliphatic heterocycles. The third-order valence-electron chi connectivity index (χ3n) is 7.31. The van der Waals surface area contributed by atoms with Crippen LogP contribution in [0, 0.1) is 0 Å². The minimum absolute atomic E-state index is 0.0646. The van der Waals surface area contributed by atoms with Gasteiger partial charge in [0.1, 0.15) is 6.10 Å². The molecule has 1 aliphatic rings. The summed E-state index contributed by atoms with van der Waals surface area (Å²) in [5, 5.41) is 10.2. The molecule has 0 saturated carbocycles. The lowest BCUT2D eigenvalue weighted by atomic mass is 10.0. The van der Waals surface area contributed by atoms with Crippen LogP contribution in [0.1, 0.15) is 129 Å². The lowest BCUT2D eigenvalue weighted by molar-refractivity contribution is -0.139. The van der Waals surface area contributed by atoms with Crippen LogP contribution in [0.2, 0.25) is 0 Å². The average Bonchev–Trinajstić information content (AvgIpc) is 3.27. The fourth-order valence-corrected chi connectivity index (χ4v) is 4.87. The van der Waals surface area contributed by atoms with Crippen molar-refractivity contribution in [3.63, 3.8) is 0 Å². The molecule has 0 bridgehead atoms. The number of unbranched alkanes of at least 4 members (excludes halogenated alkanes) is 12. The summed E-state index contributed by atoms with van der Waals surface area (Å²) in [5.41, 5.74) is 0.838. The molecule has 1 heterocycles. The standard InChI is InChI=1S/C33H62O7/c1-3-4-5-6-7-8-12-16-21-36-23-25-38-27-28-39-26-24-37-22-17-15-20-32(34)19-14-11-9-10-13-18-31-29-30(2)40-33(31)35/h29-30,32,34H,3-28H2,1-2H3/t30-,32-/m0/s1. The third kappa shape index (κ3) is 23.7. The second-order valence-corrected chi connectivity index (χ2v) is 11.2. The maximum atomic E-state index is 11.6. The van der Waals surface area contributed by atoms with Crippen LogP contribution in [-0.4, -0.2) is 76.1 Å². The molecule has 0 aromatic heterocycles. The molecule has 0 spiro atoms. The smallest absolute Gasteiger partial charge is 0.334 e. The van der Waals surface area contributed by atoms with Crippen molar-refractivity contribution in [2.24, 2.45) is 0 Å². The van der Waals surface area contributed by atoms with Gasteiger partial charge in [0.05, 0.1) is 45.7 Å². The van der Waals surface area contributed by atoms with Crippen molar-refractivity contribution in [3.05, 3.63) is 11.6 Å². The van der Waals surface area contributed by atoms with Crippen LogP contribution in [0.3, 0.4) is 0 Å². The van der Waals surface area contributed by atoms with Crippen LogP contribution in [0.5, 0.6) is 0 Å². The van der Waals surface area contributed by atoms with Crippen LogP contribution in [0.15, 0.2) is 11.6 Å². The van der Waals surface area contributed by atoms with Crippen LogP contribution in [0.25, 0.3) is 0 Å². The van der Waals surface area contributed by atoms with Crippen molar-refractivity contribution in [1.82, 2.24) is 0 Å². The van der Waals surface area contributed by atoms with E-state index in [0.717, 1.165) is 82.8 Å². The van der Waals surface area contributed by atoms with Gasteiger partial charge in [-0.2, -0.15) is 0 Å². The van der Waals surface area contributed by atoms with Gasteiger partial charge in [-0.1, -0.05) is 77.6 Å². The summed E-state index contributed by atoms with van der Waals surface area (Å²) < 4.78 is 27.5. The largest absolute Gasteiger partial charge is 0.455 e. The van der Waals surface area contributed by atoms with Gasteiger partial charge in [0.2, 0.25) is 0 Å². The molecule has 0 fully saturated rings. The van der Waals surface area contributed by atoms with E-state index in [1.165, 1.54) is 44.9 Å². The van der Waals surface area contributed by atoms with Crippen molar-refractivity contribution in [2.75, 3.05) is 52.9 Å². The summed E-state index contributed by atoms with van der Waals surface area (Å²) in [6, 6.07) is 0. The van der Waals surface area contributed by atoms with Crippen molar-refractivity contribution in [1.29, 1.82) is 0 Å². The van der Waals surface area contributed by atoms with E-state index in [1.54, 1.807) is 0 Å². The molecule has 0 aliphatic carbocycles. The first-order valence-corrected chi connectivity index (χ1v) is 16.5. The van der Waals surface area contributed by atoms with Crippen molar-refractivity contribution >= 4 is 5.97 Å². The maximum Gasteiger partial charge on any atom is 0.334 e. The van der Waals surface area contributed by atoms with Gasteiger partial charge < -0.3 is 28.8 Å². The van der Waals surface area contributed by atoms with Crippen LogP contribution in [-0.2, 0) is 28.5 Å². The average molecular weight is 571 g/mol. The highest BCUT2D eigenvalue weighted by molar-refractivity contribution is 5.90. The summed E-state index contributed by atoms with van der Waals surface area (Å²) >= 11 is 0. The van der Waals surface area contributed by atoms with Crippen LogP contribution in [0.4, 0.5) is 0 Å². The molecule has 0 aromatic carbocycles. The van der Waals surface area contributed by atoms with Gasteiger partial charge in [-0.25, -0.2) is 4.79 Å². The molecule has 0 unspecified atom stereocenters. The van der Waals surface area contributed by atoms with Gasteiger partial charge in [0, 0.05) is 18.8 Å². The highest BCUT2D eigenvalue weighted by Gasteiger charge is 2.21. The summed E-state index contributed by atoms with van der Waals surface area (Å²) in [6.07, 6.45) is 22.2. The van der Waals surface area contributed by atoms with Crippen molar-refractivity contribution in [2.45, 2.75) is 142 Å². The highest BCUT2D eigenvalue weighted by atomic mass is 16.6. The Bertz CT molecular complexity index is 595. The SMILES string of the molecule is CCCCCCCCCCOCCOCCOCCOCCCC[C@@H](O)CCCCCCCC1=C[C@H](C)OC1=O. The molecule has 236 valence electrons. The first-order valence-electron chi connectivity index (χ1n) is 16.5. The number of rotatable bonds is 31. The van der Waals surface area contributed by atoms with Crippen LogP contribution < -0.4 is 0 Å². The van der Waals surface area contributed by atoms with Gasteiger partial charge in [-0.15, -0.1) is 0 Å². The minimum atomic E-state index is -0.209. The topological polar surface area (TPSA) is 83.5 Å². The first kappa shape index (κ1) is 37.0. The predicted octanol–water partition coefficient (Wildman–Crippen LogP) is 7.33. The summed E-state index contributed by atoms with van der Waals surface area (Å²) in [4.78, 5) is 11.6. The lowest BCUT2D eigenvalue weighted by Gasteiger charge is -2.11. The molecule has 0 radical (unpaired) electrons. The second kappa shape index (κ2) is 28.1. The molecule has 7 nitrogen and oxygen atoms in total.